The van der Waals surface area contributed by atoms with Crippen LogP contribution in [0.2, 0.25) is 0 Å². The van der Waals surface area contributed by atoms with Gasteiger partial charge < -0.3 is 9.84 Å². The number of phenolic OH excluding ortho intramolecular Hbond substituents is 1. The first-order valence-electron chi connectivity index (χ1n) is 10.4. The van der Waals surface area contributed by atoms with E-state index < -0.39 is 0 Å². The summed E-state index contributed by atoms with van der Waals surface area (Å²) >= 11 is 1.36. The fourth-order valence-corrected chi connectivity index (χ4v) is 5.11. The number of hydrogen-bond donors (Lipinski definition) is 1. The van der Waals surface area contributed by atoms with Gasteiger partial charge in [-0.1, -0.05) is 43.7 Å². The predicted molar refractivity (Wildman–Crippen MR) is 128 cm³/mol. The summed E-state index contributed by atoms with van der Waals surface area (Å²) in [5, 5.41) is 10.8. The second-order valence-electron chi connectivity index (χ2n) is 8.37. The van der Waals surface area contributed by atoms with Crippen molar-refractivity contribution in [1.82, 2.24) is 0 Å². The molecule has 0 spiro atoms. The first-order chi connectivity index (χ1) is 14.7. The van der Waals surface area contributed by atoms with Gasteiger partial charge in [0.2, 0.25) is 5.78 Å². The maximum atomic E-state index is 13.7. The molecule has 0 saturated heterocycles. The molecule has 3 aromatic carbocycles. The third kappa shape index (κ3) is 4.08. The van der Waals surface area contributed by atoms with Gasteiger partial charge in [0.15, 0.2) is 5.75 Å². The van der Waals surface area contributed by atoms with Crippen LogP contribution in [0.15, 0.2) is 54.6 Å². The van der Waals surface area contributed by atoms with E-state index in [2.05, 4.69) is 26.0 Å². The van der Waals surface area contributed by atoms with Crippen molar-refractivity contribution in [3.8, 4) is 17.2 Å². The van der Waals surface area contributed by atoms with Gasteiger partial charge in [0.05, 0.1) is 0 Å². The molecule has 0 bridgehead atoms. The van der Waals surface area contributed by atoms with E-state index in [1.54, 1.807) is 12.1 Å². The summed E-state index contributed by atoms with van der Waals surface area (Å²) in [6, 6.07) is 17.2. The fraction of sp³-hybridized carbons (Fsp3) is 0.222. The first kappa shape index (κ1) is 21.1. The van der Waals surface area contributed by atoms with Gasteiger partial charge in [-0.25, -0.2) is 0 Å². The summed E-state index contributed by atoms with van der Waals surface area (Å²) in [6.07, 6.45) is 0. The Morgan fingerprint density at radius 1 is 0.935 bits per heavy atom. The van der Waals surface area contributed by atoms with E-state index >= 15 is 0 Å². The Balaban J connectivity index is 1.84. The number of ether oxygens (including phenoxy) is 1. The quantitative estimate of drug-likeness (QED) is 0.330. The highest BCUT2D eigenvalue weighted by Gasteiger charge is 2.24. The Hall–Kier alpha value is -3.11. The number of hydrogen-bond acceptors (Lipinski definition) is 4. The Morgan fingerprint density at radius 3 is 2.19 bits per heavy atom. The molecular weight excluding hydrogens is 404 g/mol. The molecule has 4 rings (SSSR count). The third-order valence-corrected chi connectivity index (χ3v) is 6.64. The molecule has 0 aliphatic rings. The second kappa shape index (κ2) is 8.20. The summed E-state index contributed by atoms with van der Waals surface area (Å²) in [4.78, 5) is 14.2. The van der Waals surface area contributed by atoms with Crippen molar-refractivity contribution in [3.05, 3.63) is 87.3 Å². The van der Waals surface area contributed by atoms with Crippen LogP contribution >= 0.6 is 11.3 Å². The molecule has 0 radical (unpaired) electrons. The van der Waals surface area contributed by atoms with E-state index in [1.165, 1.54) is 16.9 Å². The lowest BCUT2D eigenvalue weighted by atomic mass is 9.95. The van der Waals surface area contributed by atoms with Crippen LogP contribution in [0.25, 0.3) is 10.1 Å². The van der Waals surface area contributed by atoms with Crippen LogP contribution in [0.1, 0.15) is 57.3 Å². The van der Waals surface area contributed by atoms with E-state index in [-0.39, 0.29) is 11.5 Å². The van der Waals surface area contributed by atoms with Gasteiger partial charge in [0.25, 0.3) is 0 Å². The number of carbonyl (C=O) groups excluding carboxylic acids is 1. The lowest BCUT2D eigenvalue weighted by Gasteiger charge is -2.12. The third-order valence-electron chi connectivity index (χ3n) is 5.51. The molecule has 1 N–H and O–H groups in total. The number of benzene rings is 3. The van der Waals surface area contributed by atoms with Crippen molar-refractivity contribution in [2.24, 2.45) is 0 Å². The first-order valence-corrected chi connectivity index (χ1v) is 11.2. The van der Waals surface area contributed by atoms with E-state index in [4.69, 9.17) is 4.74 Å². The summed E-state index contributed by atoms with van der Waals surface area (Å²) in [7, 11) is 0. The normalized spacial score (nSPS) is 11.3. The Labute approximate surface area is 186 Å². The maximum absolute atomic E-state index is 13.7. The van der Waals surface area contributed by atoms with Crippen LogP contribution in [0.4, 0.5) is 0 Å². The number of phenols is 1. The molecule has 1 heterocycles. The van der Waals surface area contributed by atoms with E-state index in [0.29, 0.717) is 27.9 Å². The van der Waals surface area contributed by atoms with Crippen LogP contribution in [0.5, 0.6) is 17.2 Å². The molecule has 0 atom stereocenters. The molecule has 4 aromatic rings. The topological polar surface area (TPSA) is 46.5 Å². The predicted octanol–water partition coefficient (Wildman–Crippen LogP) is 7.68. The molecule has 0 fully saturated rings. The summed E-state index contributed by atoms with van der Waals surface area (Å²) in [6.45, 7) is 10.3. The minimum Gasteiger partial charge on any atom is -0.508 e. The highest BCUT2D eigenvalue weighted by Crippen LogP contribution is 2.43. The molecule has 158 valence electrons. The van der Waals surface area contributed by atoms with E-state index in [1.807, 2.05) is 51.1 Å². The monoisotopic (exact) mass is 430 g/mol. The van der Waals surface area contributed by atoms with Crippen LogP contribution in [0, 0.1) is 20.8 Å². The Kier molecular flexibility index (Phi) is 5.59. The number of thiophene rings is 1. The van der Waals surface area contributed by atoms with Crippen LogP contribution in [0.3, 0.4) is 0 Å². The fourth-order valence-electron chi connectivity index (χ4n) is 4.00. The standard InChI is InChI=1S/C27H26O3S/c1-15(2)19-6-9-21(10-7-19)30-26-22-11-8-20(28)14-23(22)31-27(26)25(29)24-17(4)12-16(3)13-18(24)5/h6-15,28H,1-5H3. The average molecular weight is 431 g/mol. The number of carbonyl (C=O) groups is 1. The molecular formula is C27H26O3S. The second-order valence-corrected chi connectivity index (χ2v) is 9.42. The molecule has 0 amide bonds. The highest BCUT2D eigenvalue weighted by atomic mass is 32.1. The molecule has 0 unspecified atom stereocenters. The zero-order valence-corrected chi connectivity index (χ0v) is 19.3. The minimum absolute atomic E-state index is 0.0514. The molecule has 31 heavy (non-hydrogen) atoms. The summed E-state index contributed by atoms with van der Waals surface area (Å²) < 4.78 is 7.11. The van der Waals surface area contributed by atoms with Crippen molar-refractivity contribution in [2.45, 2.75) is 40.5 Å². The van der Waals surface area contributed by atoms with Crippen LogP contribution in [-0.4, -0.2) is 10.9 Å². The van der Waals surface area contributed by atoms with Crippen molar-refractivity contribution in [2.75, 3.05) is 0 Å². The van der Waals surface area contributed by atoms with Gasteiger partial charge >= 0.3 is 0 Å². The van der Waals surface area contributed by atoms with Crippen molar-refractivity contribution in [3.63, 3.8) is 0 Å². The molecule has 4 heteroatoms. The largest absolute Gasteiger partial charge is 0.508 e. The zero-order chi connectivity index (χ0) is 22.3. The highest BCUT2D eigenvalue weighted by molar-refractivity contribution is 7.21. The lowest BCUT2D eigenvalue weighted by Crippen LogP contribution is -2.06. The number of ketones is 1. The average Bonchev–Trinajstić information content (AvgIpc) is 3.05. The molecule has 0 aliphatic carbocycles. The maximum Gasteiger partial charge on any atom is 0.207 e. The molecule has 3 nitrogen and oxygen atoms in total. The number of aryl methyl sites for hydroxylation is 3. The van der Waals surface area contributed by atoms with Gasteiger partial charge in [-0.15, -0.1) is 11.3 Å². The van der Waals surface area contributed by atoms with Gasteiger partial charge in [-0.2, -0.15) is 0 Å². The van der Waals surface area contributed by atoms with E-state index in [9.17, 15) is 9.90 Å². The van der Waals surface area contributed by atoms with E-state index in [0.717, 1.165) is 26.8 Å². The molecule has 0 aliphatic heterocycles. The van der Waals surface area contributed by atoms with Gasteiger partial charge in [0.1, 0.15) is 16.4 Å². The summed E-state index contributed by atoms with van der Waals surface area (Å²) in [5.74, 6) is 1.78. The van der Waals surface area contributed by atoms with Crippen LogP contribution < -0.4 is 4.74 Å². The van der Waals surface area contributed by atoms with Gasteiger partial charge in [-0.05, 0) is 73.7 Å². The van der Waals surface area contributed by atoms with Crippen LogP contribution in [-0.2, 0) is 0 Å². The number of aromatic hydroxyl groups is 1. The van der Waals surface area contributed by atoms with Gasteiger partial charge in [0, 0.05) is 15.6 Å². The molecule has 0 saturated carbocycles. The molecule has 1 aromatic heterocycles. The smallest absolute Gasteiger partial charge is 0.207 e. The minimum atomic E-state index is -0.0514. The van der Waals surface area contributed by atoms with Crippen molar-refractivity contribution in [1.29, 1.82) is 0 Å². The zero-order valence-electron chi connectivity index (χ0n) is 18.4. The van der Waals surface area contributed by atoms with Crippen molar-refractivity contribution >= 4 is 27.2 Å². The Morgan fingerprint density at radius 2 is 1.58 bits per heavy atom. The van der Waals surface area contributed by atoms with Gasteiger partial charge in [-0.3, -0.25) is 4.79 Å². The number of rotatable bonds is 5. The van der Waals surface area contributed by atoms with Crippen molar-refractivity contribution < 1.29 is 14.6 Å². The SMILES string of the molecule is Cc1cc(C)c(C(=O)c2sc3cc(O)ccc3c2Oc2ccc(C(C)C)cc2)c(C)c1. The number of fused-ring (bicyclic) bond motifs is 1. The Bertz CT molecular complexity index is 1260. The summed E-state index contributed by atoms with van der Waals surface area (Å²) in [5.41, 5.74) is 4.98. The lowest BCUT2D eigenvalue weighted by molar-refractivity contribution is 0.103.